The molecule has 19 heavy (non-hydrogen) atoms. The second kappa shape index (κ2) is 4.96. The Morgan fingerprint density at radius 3 is 3.05 bits per heavy atom. The van der Waals surface area contributed by atoms with E-state index in [1.54, 1.807) is 0 Å². The van der Waals surface area contributed by atoms with Gasteiger partial charge in [0.15, 0.2) is 0 Å². The number of nitrogen functional groups attached to an aromatic ring is 1. The van der Waals surface area contributed by atoms with Gasteiger partial charge < -0.3 is 15.5 Å². The van der Waals surface area contributed by atoms with E-state index in [0.29, 0.717) is 12.6 Å². The summed E-state index contributed by atoms with van der Waals surface area (Å²) in [6.45, 7) is 1.37. The van der Waals surface area contributed by atoms with E-state index < -0.39 is 0 Å². The van der Waals surface area contributed by atoms with E-state index in [4.69, 9.17) is 5.73 Å². The number of hydrogen-bond donors (Lipinski definition) is 1. The Labute approximate surface area is 117 Å². The van der Waals surface area contributed by atoms with E-state index in [-0.39, 0.29) is 5.91 Å². The van der Waals surface area contributed by atoms with Gasteiger partial charge in [0.05, 0.1) is 12.2 Å². The molecule has 0 radical (unpaired) electrons. The van der Waals surface area contributed by atoms with Gasteiger partial charge in [0.1, 0.15) is 0 Å². The number of carbonyl (C=O) groups is 1. The second-order valence-electron chi connectivity index (χ2n) is 5.23. The molecule has 4 nitrogen and oxygen atoms in total. The van der Waals surface area contributed by atoms with E-state index >= 15 is 0 Å². The van der Waals surface area contributed by atoms with E-state index in [2.05, 4.69) is 11.0 Å². The van der Waals surface area contributed by atoms with E-state index in [1.807, 2.05) is 35.8 Å². The molecule has 1 heterocycles. The summed E-state index contributed by atoms with van der Waals surface area (Å²) in [7, 11) is 1.92. The number of carbonyl (C=O) groups excluding carboxylic acids is 1. The molecule has 2 N–H and O–H groups in total. The van der Waals surface area contributed by atoms with Gasteiger partial charge in [-0.25, -0.2) is 0 Å². The minimum atomic E-state index is 0.211. The summed E-state index contributed by atoms with van der Waals surface area (Å²) >= 11 is 1.83. The average Bonchev–Trinajstić information content (AvgIpc) is 3.23. The van der Waals surface area contributed by atoms with Crippen molar-refractivity contribution >= 4 is 29.0 Å². The minimum Gasteiger partial charge on any atom is -0.399 e. The topological polar surface area (TPSA) is 49.6 Å². The normalized spacial score (nSPS) is 18.1. The van der Waals surface area contributed by atoms with Crippen molar-refractivity contribution in [3.8, 4) is 0 Å². The van der Waals surface area contributed by atoms with E-state index in [1.165, 1.54) is 4.90 Å². The molecule has 3 rings (SSSR count). The number of anilines is 2. The molecule has 102 valence electrons. The Morgan fingerprint density at radius 2 is 2.32 bits per heavy atom. The number of rotatable bonds is 3. The van der Waals surface area contributed by atoms with Crippen LogP contribution in [-0.4, -0.2) is 42.7 Å². The quantitative estimate of drug-likeness (QED) is 0.856. The van der Waals surface area contributed by atoms with Gasteiger partial charge in [0, 0.05) is 36.0 Å². The number of benzene rings is 1. The lowest BCUT2D eigenvalue weighted by Gasteiger charge is -2.32. The highest BCUT2D eigenvalue weighted by molar-refractivity contribution is 7.99. The van der Waals surface area contributed by atoms with Crippen LogP contribution in [-0.2, 0) is 4.79 Å². The fourth-order valence-electron chi connectivity index (χ4n) is 2.39. The summed E-state index contributed by atoms with van der Waals surface area (Å²) < 4.78 is 0. The van der Waals surface area contributed by atoms with Crippen LogP contribution in [0, 0.1) is 0 Å². The number of hydrogen-bond acceptors (Lipinski definition) is 4. The van der Waals surface area contributed by atoms with Crippen molar-refractivity contribution in [1.82, 2.24) is 4.90 Å². The van der Waals surface area contributed by atoms with Crippen molar-refractivity contribution in [2.75, 3.05) is 36.5 Å². The summed E-state index contributed by atoms with van der Waals surface area (Å²) in [5.74, 6) is 1.24. The van der Waals surface area contributed by atoms with Crippen LogP contribution in [0.25, 0.3) is 0 Å². The smallest absolute Gasteiger partial charge is 0.242 e. The maximum absolute atomic E-state index is 12.2. The Kier molecular flexibility index (Phi) is 3.31. The first-order valence-electron chi connectivity index (χ1n) is 6.68. The van der Waals surface area contributed by atoms with Gasteiger partial charge in [-0.05, 0) is 31.0 Å². The van der Waals surface area contributed by atoms with Crippen LogP contribution >= 0.6 is 11.8 Å². The molecule has 1 fully saturated rings. The highest BCUT2D eigenvalue weighted by Crippen LogP contribution is 2.36. The Balaban J connectivity index is 1.75. The fourth-order valence-corrected chi connectivity index (χ4v) is 3.43. The van der Waals surface area contributed by atoms with Crippen molar-refractivity contribution in [1.29, 1.82) is 0 Å². The lowest BCUT2D eigenvalue weighted by molar-refractivity contribution is -0.128. The first-order valence-corrected chi connectivity index (χ1v) is 7.66. The number of amides is 1. The van der Waals surface area contributed by atoms with Gasteiger partial charge in [0.2, 0.25) is 5.91 Å². The molecule has 0 unspecified atom stereocenters. The van der Waals surface area contributed by atoms with Crippen molar-refractivity contribution in [2.45, 2.75) is 23.8 Å². The van der Waals surface area contributed by atoms with Crippen LogP contribution < -0.4 is 10.6 Å². The summed E-state index contributed by atoms with van der Waals surface area (Å²) in [5.41, 5.74) is 7.73. The van der Waals surface area contributed by atoms with Gasteiger partial charge >= 0.3 is 0 Å². The molecule has 0 saturated heterocycles. The molecule has 5 heteroatoms. The predicted molar refractivity (Wildman–Crippen MR) is 79.6 cm³/mol. The number of nitrogens with two attached hydrogens (primary N) is 1. The third-order valence-corrected chi connectivity index (χ3v) is 4.80. The van der Waals surface area contributed by atoms with Crippen LogP contribution in [0.5, 0.6) is 0 Å². The largest absolute Gasteiger partial charge is 0.399 e. The Bertz CT molecular complexity index is 501. The zero-order valence-corrected chi connectivity index (χ0v) is 11.9. The standard InChI is InChI=1S/C14H19N3OS/c1-16(11-3-4-11)14(18)9-17-6-7-19-13-5-2-10(15)8-12(13)17/h2,5,8,11H,3-4,6-7,9,15H2,1H3. The molecule has 2 aliphatic rings. The summed E-state index contributed by atoms with van der Waals surface area (Å²) in [4.78, 5) is 17.5. The SMILES string of the molecule is CN(C(=O)CN1CCSc2ccc(N)cc21)C1CC1. The zero-order valence-electron chi connectivity index (χ0n) is 11.1. The van der Waals surface area contributed by atoms with Crippen LogP contribution in [0.2, 0.25) is 0 Å². The zero-order chi connectivity index (χ0) is 13.4. The number of likely N-dealkylation sites (N-methyl/N-ethyl adjacent to an activating group) is 1. The lowest BCUT2D eigenvalue weighted by atomic mass is 10.2. The molecule has 1 aromatic carbocycles. The molecule has 1 aliphatic carbocycles. The molecule has 0 spiro atoms. The Morgan fingerprint density at radius 1 is 1.53 bits per heavy atom. The van der Waals surface area contributed by atoms with E-state index in [0.717, 1.165) is 36.5 Å². The highest BCUT2D eigenvalue weighted by atomic mass is 32.2. The molecule has 0 bridgehead atoms. The first kappa shape index (κ1) is 12.7. The lowest BCUT2D eigenvalue weighted by Crippen LogP contribution is -2.41. The van der Waals surface area contributed by atoms with Crippen LogP contribution in [0.3, 0.4) is 0 Å². The van der Waals surface area contributed by atoms with Crippen LogP contribution in [0.15, 0.2) is 23.1 Å². The summed E-state index contributed by atoms with van der Waals surface area (Å²) in [5, 5.41) is 0. The minimum absolute atomic E-state index is 0.211. The average molecular weight is 277 g/mol. The first-order chi connectivity index (χ1) is 9.15. The van der Waals surface area contributed by atoms with Gasteiger partial charge in [-0.3, -0.25) is 4.79 Å². The predicted octanol–water partition coefficient (Wildman–Crippen LogP) is 1.80. The van der Waals surface area contributed by atoms with Gasteiger partial charge in [-0.2, -0.15) is 0 Å². The van der Waals surface area contributed by atoms with Crippen molar-refractivity contribution in [3.63, 3.8) is 0 Å². The van der Waals surface area contributed by atoms with Crippen LogP contribution in [0.1, 0.15) is 12.8 Å². The maximum Gasteiger partial charge on any atom is 0.242 e. The van der Waals surface area contributed by atoms with Crippen molar-refractivity contribution in [3.05, 3.63) is 18.2 Å². The maximum atomic E-state index is 12.2. The molecular weight excluding hydrogens is 258 g/mol. The van der Waals surface area contributed by atoms with Crippen molar-refractivity contribution in [2.24, 2.45) is 0 Å². The van der Waals surface area contributed by atoms with Gasteiger partial charge in [0.25, 0.3) is 0 Å². The highest BCUT2D eigenvalue weighted by Gasteiger charge is 2.30. The van der Waals surface area contributed by atoms with Gasteiger partial charge in [-0.1, -0.05) is 0 Å². The molecule has 1 amide bonds. The molecular formula is C14H19N3OS. The number of fused-ring (bicyclic) bond motifs is 1. The Hall–Kier alpha value is -1.36. The number of nitrogens with zero attached hydrogens (tertiary/aromatic N) is 2. The molecule has 1 aromatic rings. The molecule has 1 saturated carbocycles. The van der Waals surface area contributed by atoms with Gasteiger partial charge in [-0.15, -0.1) is 11.8 Å². The second-order valence-corrected chi connectivity index (χ2v) is 6.37. The number of thioether (sulfide) groups is 1. The summed E-state index contributed by atoms with van der Waals surface area (Å²) in [6, 6.07) is 6.43. The molecule has 0 atom stereocenters. The van der Waals surface area contributed by atoms with E-state index in [9.17, 15) is 4.79 Å². The summed E-state index contributed by atoms with van der Waals surface area (Å²) in [6.07, 6.45) is 2.31. The molecule has 0 aromatic heterocycles. The fraction of sp³-hybridized carbons (Fsp3) is 0.500. The third kappa shape index (κ3) is 2.66. The molecule has 1 aliphatic heterocycles. The van der Waals surface area contributed by atoms with Crippen LogP contribution in [0.4, 0.5) is 11.4 Å². The van der Waals surface area contributed by atoms with Crippen molar-refractivity contribution < 1.29 is 4.79 Å². The monoisotopic (exact) mass is 277 g/mol. The third-order valence-electron chi connectivity index (χ3n) is 3.76.